The molecule has 0 saturated heterocycles. The molecular weight excluding hydrogens is 803 g/mol. The number of hydrogen-bond donors (Lipinski definition) is 0. The summed E-state index contributed by atoms with van der Waals surface area (Å²) in [6, 6.07) is 74.9. The van der Waals surface area contributed by atoms with Gasteiger partial charge in [0, 0.05) is 60.3 Å². The number of hydrogen-bond acceptors (Lipinski definition) is 1. The number of furan rings is 1. The molecule has 0 aliphatic heterocycles. The Kier molecular flexibility index (Phi) is 8.07. The van der Waals surface area contributed by atoms with Gasteiger partial charge in [-0.1, -0.05) is 152 Å². The lowest BCUT2D eigenvalue weighted by Crippen LogP contribution is -2.03. The van der Waals surface area contributed by atoms with Crippen LogP contribution in [0.5, 0.6) is 0 Å². The molecular formula is C62H41N3O. The smallest absolute Gasteiger partial charge is 0.143 e. The zero-order chi connectivity index (χ0) is 43.3. The van der Waals surface area contributed by atoms with Crippen molar-refractivity contribution < 1.29 is 4.42 Å². The second-order valence-corrected chi connectivity index (χ2v) is 17.5. The van der Waals surface area contributed by atoms with Crippen molar-refractivity contribution in [2.45, 2.75) is 12.8 Å². The highest BCUT2D eigenvalue weighted by Crippen LogP contribution is 2.45. The van der Waals surface area contributed by atoms with Crippen molar-refractivity contribution in [1.29, 1.82) is 0 Å². The summed E-state index contributed by atoms with van der Waals surface area (Å²) in [7, 11) is 0. The Balaban J connectivity index is 0.915. The standard InChI is InChI=1S/C62H41N3O/c1-4-17-43(18-5-1)63-55-29-14-12-25-48(55)54-37-42(33-36-57(54)63)46-23-10-11-24-47(46)50-27-16-28-51-49-34-31-41(39-59(49)66-61(50)51)40-32-35-53-58(38-40)65(45-21-8-3-9-22-45)62-60(53)52-26-13-15-30-56(52)64(62)44-19-6-2-7-20-44/h1,3-6,8-39H,2,7H2. The van der Waals surface area contributed by atoms with E-state index in [1.165, 1.54) is 71.5 Å². The topological polar surface area (TPSA) is 27.9 Å². The Bertz CT molecular complexity index is 4150. The summed E-state index contributed by atoms with van der Waals surface area (Å²) in [5.74, 6) is 0. The van der Waals surface area contributed by atoms with Crippen LogP contribution in [0.2, 0.25) is 0 Å². The van der Waals surface area contributed by atoms with E-state index in [9.17, 15) is 0 Å². The first-order valence-electron chi connectivity index (χ1n) is 22.9. The average molecular weight is 844 g/mol. The normalized spacial score (nSPS) is 13.1. The number of benzene rings is 9. The van der Waals surface area contributed by atoms with Crippen LogP contribution in [-0.4, -0.2) is 13.7 Å². The number of para-hydroxylation sites is 5. The van der Waals surface area contributed by atoms with Crippen LogP contribution in [-0.2, 0) is 0 Å². The third-order valence-corrected chi connectivity index (χ3v) is 13.9. The van der Waals surface area contributed by atoms with Gasteiger partial charge in [-0.25, -0.2) is 0 Å². The van der Waals surface area contributed by atoms with Crippen LogP contribution >= 0.6 is 0 Å². The van der Waals surface area contributed by atoms with Gasteiger partial charge in [0.05, 0.1) is 22.1 Å². The molecule has 310 valence electrons. The van der Waals surface area contributed by atoms with Crippen molar-refractivity contribution in [2.75, 3.05) is 0 Å². The Morgan fingerprint density at radius 1 is 0.364 bits per heavy atom. The zero-order valence-corrected chi connectivity index (χ0v) is 36.0. The van der Waals surface area contributed by atoms with Crippen molar-refractivity contribution in [3.8, 4) is 44.8 Å². The minimum Gasteiger partial charge on any atom is -0.455 e. The highest BCUT2D eigenvalue weighted by Gasteiger charge is 2.24. The lowest BCUT2D eigenvalue weighted by Gasteiger charge is -2.15. The van der Waals surface area contributed by atoms with E-state index in [0.29, 0.717) is 0 Å². The fourth-order valence-electron chi connectivity index (χ4n) is 10.9. The molecule has 0 radical (unpaired) electrons. The van der Waals surface area contributed by atoms with Crippen molar-refractivity contribution >= 4 is 82.3 Å². The van der Waals surface area contributed by atoms with Crippen molar-refractivity contribution in [3.63, 3.8) is 0 Å². The molecule has 66 heavy (non-hydrogen) atoms. The molecule has 4 heterocycles. The fourth-order valence-corrected chi connectivity index (χ4v) is 10.9. The lowest BCUT2D eigenvalue weighted by molar-refractivity contribution is 0.670. The van der Waals surface area contributed by atoms with Gasteiger partial charge in [-0.15, -0.1) is 0 Å². The maximum absolute atomic E-state index is 6.99. The molecule has 9 aromatic carbocycles. The summed E-state index contributed by atoms with van der Waals surface area (Å²) in [5, 5.41) is 8.46. The van der Waals surface area contributed by atoms with E-state index in [2.05, 4.69) is 238 Å². The molecule has 0 saturated carbocycles. The quantitative estimate of drug-likeness (QED) is 0.164. The minimum absolute atomic E-state index is 0.875. The monoisotopic (exact) mass is 843 g/mol. The van der Waals surface area contributed by atoms with Crippen molar-refractivity contribution in [3.05, 3.63) is 224 Å². The van der Waals surface area contributed by atoms with Gasteiger partial charge in [-0.3, -0.25) is 9.13 Å². The largest absolute Gasteiger partial charge is 0.455 e. The summed E-state index contributed by atoms with van der Waals surface area (Å²) in [5.41, 5.74) is 18.1. The fraction of sp³-hybridized carbons (Fsp3) is 0.0323. The van der Waals surface area contributed by atoms with Crippen LogP contribution in [0.4, 0.5) is 0 Å². The molecule has 0 unspecified atom stereocenters. The predicted molar refractivity (Wildman–Crippen MR) is 277 cm³/mol. The SMILES string of the molecule is C1=CC(n2c3ccccc3c3c4ccc(-c5ccc6c(c5)oc5c(-c7ccccc7-c7ccc8c(c7)c7ccccc7n8-c7ccccc7)cccc56)cc4n(-c4ccccc4)c32)=CCC1. The molecule has 14 rings (SSSR count). The first-order valence-corrected chi connectivity index (χ1v) is 22.9. The molecule has 1 aliphatic rings. The summed E-state index contributed by atoms with van der Waals surface area (Å²) >= 11 is 0. The number of allylic oxidation sites excluding steroid dienone is 4. The maximum atomic E-state index is 6.99. The Hall–Kier alpha value is -8.60. The summed E-state index contributed by atoms with van der Waals surface area (Å²) in [6.45, 7) is 0. The Labute approximate surface area is 380 Å². The summed E-state index contributed by atoms with van der Waals surface area (Å²) in [4.78, 5) is 0. The number of fused-ring (bicyclic) bond motifs is 11. The molecule has 4 nitrogen and oxygen atoms in total. The van der Waals surface area contributed by atoms with Gasteiger partial charge in [-0.2, -0.15) is 0 Å². The van der Waals surface area contributed by atoms with Crippen LogP contribution in [0.25, 0.3) is 127 Å². The van der Waals surface area contributed by atoms with Gasteiger partial charge < -0.3 is 8.98 Å². The predicted octanol–water partition coefficient (Wildman–Crippen LogP) is 16.9. The molecule has 1 aliphatic carbocycles. The highest BCUT2D eigenvalue weighted by atomic mass is 16.3. The third-order valence-electron chi connectivity index (χ3n) is 13.9. The van der Waals surface area contributed by atoms with Crippen LogP contribution in [0.15, 0.2) is 229 Å². The van der Waals surface area contributed by atoms with E-state index >= 15 is 0 Å². The number of rotatable bonds is 6. The molecule has 4 heteroatoms. The van der Waals surface area contributed by atoms with Crippen LogP contribution in [0, 0.1) is 0 Å². The molecule has 0 amide bonds. The molecule has 0 fully saturated rings. The Morgan fingerprint density at radius 2 is 0.970 bits per heavy atom. The van der Waals surface area contributed by atoms with E-state index < -0.39 is 0 Å². The van der Waals surface area contributed by atoms with E-state index in [0.717, 1.165) is 68.4 Å². The molecule has 0 spiro atoms. The Morgan fingerprint density at radius 3 is 1.76 bits per heavy atom. The maximum Gasteiger partial charge on any atom is 0.143 e. The first-order chi connectivity index (χ1) is 32.8. The van der Waals surface area contributed by atoms with Gasteiger partial charge in [0.1, 0.15) is 16.8 Å². The van der Waals surface area contributed by atoms with Crippen LogP contribution in [0.1, 0.15) is 12.8 Å². The second kappa shape index (κ2) is 14.5. The van der Waals surface area contributed by atoms with Gasteiger partial charge in [0.2, 0.25) is 0 Å². The van der Waals surface area contributed by atoms with E-state index in [1.54, 1.807) is 0 Å². The molecule has 4 aromatic heterocycles. The number of nitrogens with zero attached hydrogens (tertiary/aromatic N) is 3. The van der Waals surface area contributed by atoms with Crippen molar-refractivity contribution in [2.24, 2.45) is 0 Å². The van der Waals surface area contributed by atoms with E-state index in [-0.39, 0.29) is 0 Å². The third kappa shape index (κ3) is 5.45. The molecule has 0 N–H and O–H groups in total. The van der Waals surface area contributed by atoms with Gasteiger partial charge in [0.25, 0.3) is 0 Å². The average Bonchev–Trinajstić information content (AvgIpc) is 4.12. The second-order valence-electron chi connectivity index (χ2n) is 17.5. The highest BCUT2D eigenvalue weighted by molar-refractivity contribution is 6.23. The molecule has 0 bridgehead atoms. The van der Waals surface area contributed by atoms with Crippen LogP contribution in [0.3, 0.4) is 0 Å². The molecule has 13 aromatic rings. The zero-order valence-electron chi connectivity index (χ0n) is 36.0. The molecule has 0 atom stereocenters. The van der Waals surface area contributed by atoms with E-state index in [1.807, 2.05) is 0 Å². The lowest BCUT2D eigenvalue weighted by atomic mass is 9.92. The summed E-state index contributed by atoms with van der Waals surface area (Å²) in [6.07, 6.45) is 9.06. The van der Waals surface area contributed by atoms with E-state index in [4.69, 9.17) is 4.42 Å². The van der Waals surface area contributed by atoms with Gasteiger partial charge in [0.15, 0.2) is 0 Å². The summed E-state index contributed by atoms with van der Waals surface area (Å²) < 4.78 is 14.3. The van der Waals surface area contributed by atoms with Crippen molar-refractivity contribution in [1.82, 2.24) is 13.7 Å². The minimum atomic E-state index is 0.875. The van der Waals surface area contributed by atoms with Gasteiger partial charge >= 0.3 is 0 Å². The first kappa shape index (κ1) is 36.8. The number of aromatic nitrogens is 3. The van der Waals surface area contributed by atoms with Gasteiger partial charge in [-0.05, 0) is 113 Å². The van der Waals surface area contributed by atoms with Crippen LogP contribution < -0.4 is 0 Å².